The molecule has 0 saturated carbocycles. The van der Waals surface area contributed by atoms with Crippen molar-refractivity contribution >= 4 is 11.4 Å². The molecule has 3 heteroatoms. The summed E-state index contributed by atoms with van der Waals surface area (Å²) in [4.78, 5) is 2.43. The van der Waals surface area contributed by atoms with Crippen molar-refractivity contribution in [2.24, 2.45) is 0 Å². The molecule has 1 heterocycles. The number of nitrogens with zero attached hydrogens (tertiary/aromatic N) is 1. The molecule has 3 nitrogen and oxygen atoms in total. The molecule has 0 radical (unpaired) electrons. The van der Waals surface area contributed by atoms with Gasteiger partial charge in [0.15, 0.2) is 0 Å². The summed E-state index contributed by atoms with van der Waals surface area (Å²) in [6.07, 6.45) is 0. The molecule has 0 aliphatic carbocycles. The SMILES string of the molecule is CC1CN(c2ccc(N)cc2)C(C)CN1. The maximum Gasteiger partial charge on any atom is 0.0387 e. The Morgan fingerprint density at radius 2 is 1.93 bits per heavy atom. The Kier molecular flexibility index (Phi) is 2.82. The van der Waals surface area contributed by atoms with Gasteiger partial charge in [-0.05, 0) is 38.1 Å². The normalized spacial score (nSPS) is 26.7. The molecule has 3 N–H and O–H groups in total. The van der Waals surface area contributed by atoms with E-state index in [2.05, 4.69) is 36.2 Å². The number of hydrogen-bond acceptors (Lipinski definition) is 3. The summed E-state index contributed by atoms with van der Waals surface area (Å²) in [5.41, 5.74) is 7.78. The Hall–Kier alpha value is -1.22. The van der Waals surface area contributed by atoms with E-state index in [1.807, 2.05) is 12.1 Å². The van der Waals surface area contributed by atoms with E-state index in [1.165, 1.54) is 5.69 Å². The van der Waals surface area contributed by atoms with E-state index in [4.69, 9.17) is 5.73 Å². The van der Waals surface area contributed by atoms with Crippen molar-refractivity contribution in [3.8, 4) is 0 Å². The molecule has 0 spiro atoms. The molecule has 1 aromatic carbocycles. The number of benzene rings is 1. The van der Waals surface area contributed by atoms with E-state index >= 15 is 0 Å². The number of nitrogens with two attached hydrogens (primary N) is 1. The van der Waals surface area contributed by atoms with E-state index in [-0.39, 0.29) is 0 Å². The van der Waals surface area contributed by atoms with Crippen LogP contribution in [-0.2, 0) is 0 Å². The maximum absolute atomic E-state index is 5.69. The van der Waals surface area contributed by atoms with Crippen molar-refractivity contribution in [3.63, 3.8) is 0 Å². The zero-order chi connectivity index (χ0) is 10.8. The van der Waals surface area contributed by atoms with Gasteiger partial charge < -0.3 is 16.0 Å². The minimum Gasteiger partial charge on any atom is -0.399 e. The maximum atomic E-state index is 5.69. The highest BCUT2D eigenvalue weighted by molar-refractivity contribution is 5.54. The summed E-state index contributed by atoms with van der Waals surface area (Å²) in [7, 11) is 0. The van der Waals surface area contributed by atoms with Crippen LogP contribution in [0.5, 0.6) is 0 Å². The van der Waals surface area contributed by atoms with Crippen LogP contribution >= 0.6 is 0 Å². The Bertz CT molecular complexity index is 320. The van der Waals surface area contributed by atoms with Crippen LogP contribution in [-0.4, -0.2) is 25.2 Å². The fraction of sp³-hybridized carbons (Fsp3) is 0.500. The van der Waals surface area contributed by atoms with Gasteiger partial charge in [0.2, 0.25) is 0 Å². The minimum absolute atomic E-state index is 0.546. The predicted octanol–water partition coefficient (Wildman–Crippen LogP) is 1.46. The second kappa shape index (κ2) is 4.11. The Balaban J connectivity index is 2.17. The average Bonchev–Trinajstić information content (AvgIpc) is 2.23. The van der Waals surface area contributed by atoms with Gasteiger partial charge in [0, 0.05) is 36.5 Å². The molecule has 1 aliphatic rings. The average molecular weight is 205 g/mol. The van der Waals surface area contributed by atoms with Gasteiger partial charge >= 0.3 is 0 Å². The fourth-order valence-electron chi connectivity index (χ4n) is 2.05. The zero-order valence-electron chi connectivity index (χ0n) is 9.40. The van der Waals surface area contributed by atoms with Crippen LogP contribution in [0, 0.1) is 0 Å². The highest BCUT2D eigenvalue weighted by Gasteiger charge is 2.22. The Morgan fingerprint density at radius 1 is 1.27 bits per heavy atom. The summed E-state index contributed by atoms with van der Waals surface area (Å²) in [6, 6.07) is 9.24. The van der Waals surface area contributed by atoms with Gasteiger partial charge in [0.05, 0.1) is 0 Å². The predicted molar refractivity (Wildman–Crippen MR) is 65.1 cm³/mol. The van der Waals surface area contributed by atoms with Crippen molar-refractivity contribution in [2.45, 2.75) is 25.9 Å². The third-order valence-corrected chi connectivity index (χ3v) is 2.99. The fourth-order valence-corrected chi connectivity index (χ4v) is 2.05. The van der Waals surface area contributed by atoms with Gasteiger partial charge in [-0.15, -0.1) is 0 Å². The first kappa shape index (κ1) is 10.3. The van der Waals surface area contributed by atoms with Crippen molar-refractivity contribution in [2.75, 3.05) is 23.7 Å². The van der Waals surface area contributed by atoms with Crippen LogP contribution < -0.4 is 16.0 Å². The molecule has 2 rings (SSSR count). The minimum atomic E-state index is 0.546. The molecule has 2 unspecified atom stereocenters. The smallest absolute Gasteiger partial charge is 0.0387 e. The number of rotatable bonds is 1. The Morgan fingerprint density at radius 3 is 2.60 bits per heavy atom. The van der Waals surface area contributed by atoms with E-state index in [0.29, 0.717) is 12.1 Å². The van der Waals surface area contributed by atoms with Gasteiger partial charge in [0.1, 0.15) is 0 Å². The second-order valence-corrected chi connectivity index (χ2v) is 4.40. The summed E-state index contributed by atoms with van der Waals surface area (Å²) in [5.74, 6) is 0. The molecule has 1 aromatic rings. The third-order valence-electron chi connectivity index (χ3n) is 2.99. The molecule has 1 aliphatic heterocycles. The van der Waals surface area contributed by atoms with Crippen LogP contribution in [0.4, 0.5) is 11.4 Å². The standard InChI is InChI=1S/C12H19N3/c1-9-8-15(10(2)7-14-9)12-5-3-11(13)4-6-12/h3-6,9-10,14H,7-8,13H2,1-2H3. The van der Waals surface area contributed by atoms with Crippen molar-refractivity contribution < 1.29 is 0 Å². The monoisotopic (exact) mass is 205 g/mol. The van der Waals surface area contributed by atoms with Gasteiger partial charge in [-0.25, -0.2) is 0 Å². The highest BCUT2D eigenvalue weighted by Crippen LogP contribution is 2.20. The molecule has 0 amide bonds. The van der Waals surface area contributed by atoms with Gasteiger partial charge in [-0.1, -0.05) is 0 Å². The molecule has 15 heavy (non-hydrogen) atoms. The van der Waals surface area contributed by atoms with Gasteiger partial charge in [-0.2, -0.15) is 0 Å². The van der Waals surface area contributed by atoms with Crippen molar-refractivity contribution in [1.82, 2.24) is 5.32 Å². The lowest BCUT2D eigenvalue weighted by Crippen LogP contribution is -2.54. The molecular weight excluding hydrogens is 186 g/mol. The molecule has 2 atom stereocenters. The molecule has 1 saturated heterocycles. The Labute approximate surface area is 91.3 Å². The first-order valence-electron chi connectivity index (χ1n) is 5.52. The molecule has 0 bridgehead atoms. The largest absolute Gasteiger partial charge is 0.399 e. The van der Waals surface area contributed by atoms with E-state index in [1.54, 1.807) is 0 Å². The van der Waals surface area contributed by atoms with Crippen LogP contribution in [0.1, 0.15) is 13.8 Å². The number of nitrogen functional groups attached to an aromatic ring is 1. The van der Waals surface area contributed by atoms with E-state index < -0.39 is 0 Å². The lowest BCUT2D eigenvalue weighted by Gasteiger charge is -2.39. The third kappa shape index (κ3) is 2.23. The van der Waals surface area contributed by atoms with Crippen molar-refractivity contribution in [1.29, 1.82) is 0 Å². The highest BCUT2D eigenvalue weighted by atomic mass is 15.2. The van der Waals surface area contributed by atoms with Gasteiger partial charge in [-0.3, -0.25) is 0 Å². The topological polar surface area (TPSA) is 41.3 Å². The van der Waals surface area contributed by atoms with E-state index in [0.717, 1.165) is 18.8 Å². The number of anilines is 2. The first-order chi connectivity index (χ1) is 7.16. The summed E-state index contributed by atoms with van der Waals surface area (Å²) in [6.45, 7) is 6.57. The molecule has 1 fully saturated rings. The summed E-state index contributed by atoms with van der Waals surface area (Å²) < 4.78 is 0. The van der Waals surface area contributed by atoms with Crippen LogP contribution in [0.25, 0.3) is 0 Å². The molecule has 0 aromatic heterocycles. The van der Waals surface area contributed by atoms with Crippen LogP contribution in [0.15, 0.2) is 24.3 Å². The quantitative estimate of drug-likeness (QED) is 0.682. The number of hydrogen-bond donors (Lipinski definition) is 2. The summed E-state index contributed by atoms with van der Waals surface area (Å²) in [5, 5.41) is 3.48. The van der Waals surface area contributed by atoms with Crippen LogP contribution in [0.2, 0.25) is 0 Å². The summed E-state index contributed by atoms with van der Waals surface area (Å²) >= 11 is 0. The number of nitrogens with one attached hydrogen (secondary N) is 1. The van der Waals surface area contributed by atoms with Gasteiger partial charge in [0.25, 0.3) is 0 Å². The van der Waals surface area contributed by atoms with Crippen molar-refractivity contribution in [3.05, 3.63) is 24.3 Å². The lowest BCUT2D eigenvalue weighted by molar-refractivity contribution is 0.425. The van der Waals surface area contributed by atoms with Crippen LogP contribution in [0.3, 0.4) is 0 Å². The zero-order valence-corrected chi connectivity index (χ0v) is 9.40. The van der Waals surface area contributed by atoms with E-state index in [9.17, 15) is 0 Å². The number of piperazine rings is 1. The second-order valence-electron chi connectivity index (χ2n) is 4.40. The first-order valence-corrected chi connectivity index (χ1v) is 5.52. The molecular formula is C12H19N3. The molecule has 82 valence electrons. The lowest BCUT2D eigenvalue weighted by atomic mass is 10.1.